The summed E-state index contributed by atoms with van der Waals surface area (Å²) in [5.41, 5.74) is 4.04. The molecule has 33 heavy (non-hydrogen) atoms. The Kier molecular flexibility index (Phi) is 7.49. The zero-order chi connectivity index (χ0) is 23.4. The van der Waals surface area contributed by atoms with Crippen LogP contribution in [0.2, 0.25) is 10.0 Å². The summed E-state index contributed by atoms with van der Waals surface area (Å²) in [5.74, 6) is -0.360. The predicted octanol–water partition coefficient (Wildman–Crippen LogP) is 5.70. The Morgan fingerprint density at radius 3 is 2.64 bits per heavy atom. The number of halogens is 3. The first-order valence-corrected chi connectivity index (χ1v) is 12.1. The molecule has 166 valence electrons. The van der Waals surface area contributed by atoms with Gasteiger partial charge in [0.05, 0.1) is 38.6 Å². The number of para-hydroxylation sites is 1. The maximum absolute atomic E-state index is 13.2. The predicted molar refractivity (Wildman–Crippen MR) is 138 cm³/mol. The van der Waals surface area contributed by atoms with E-state index in [4.69, 9.17) is 23.2 Å². The fourth-order valence-electron chi connectivity index (χ4n) is 2.98. The average molecular weight is 562 g/mol. The lowest BCUT2D eigenvalue weighted by Gasteiger charge is -2.13. The molecule has 1 amide bonds. The van der Waals surface area contributed by atoms with Gasteiger partial charge in [0, 0.05) is 10.0 Å². The Bertz CT molecular complexity index is 1420. The number of amides is 1. The number of carbonyl (C=O) groups excluding carboxylic acids is 1. The van der Waals surface area contributed by atoms with Crippen molar-refractivity contribution in [3.63, 3.8) is 0 Å². The van der Waals surface area contributed by atoms with E-state index in [0.29, 0.717) is 37.4 Å². The van der Waals surface area contributed by atoms with Crippen molar-refractivity contribution in [2.75, 3.05) is 5.75 Å². The van der Waals surface area contributed by atoms with Crippen LogP contribution in [0.25, 0.3) is 16.6 Å². The third-order valence-electron chi connectivity index (χ3n) is 4.54. The van der Waals surface area contributed by atoms with Crippen molar-refractivity contribution in [2.45, 2.75) is 5.16 Å². The Morgan fingerprint density at radius 1 is 1.09 bits per heavy atom. The van der Waals surface area contributed by atoms with Gasteiger partial charge < -0.3 is 0 Å². The molecule has 3 aromatic carbocycles. The van der Waals surface area contributed by atoms with E-state index in [2.05, 4.69) is 31.4 Å². The van der Waals surface area contributed by atoms with Crippen molar-refractivity contribution in [2.24, 2.45) is 5.10 Å². The average Bonchev–Trinajstić information content (AvgIpc) is 2.81. The standard InChI is InChI=1S/C23H15BrCl2N4O2S/c24-15-8-10-16(11-9-15)30-22(32)17-5-1-2-7-19(17)28-23(30)33-13-20(31)29-27-12-14-4-3-6-18(25)21(14)26/h1-12H,13H2,(H,29,31). The summed E-state index contributed by atoms with van der Waals surface area (Å²) < 4.78 is 2.39. The molecule has 1 heterocycles. The van der Waals surface area contributed by atoms with Crippen LogP contribution in [0.1, 0.15) is 5.56 Å². The van der Waals surface area contributed by atoms with Gasteiger partial charge in [-0.1, -0.05) is 75.2 Å². The Balaban J connectivity index is 1.56. The quantitative estimate of drug-likeness (QED) is 0.142. The van der Waals surface area contributed by atoms with E-state index >= 15 is 0 Å². The molecule has 0 bridgehead atoms. The lowest BCUT2D eigenvalue weighted by atomic mass is 10.2. The Labute approximate surface area is 211 Å². The third-order valence-corrected chi connectivity index (χ3v) is 6.84. The number of rotatable bonds is 6. The highest BCUT2D eigenvalue weighted by Crippen LogP contribution is 2.24. The number of hydrogen-bond donors (Lipinski definition) is 1. The zero-order valence-corrected chi connectivity index (χ0v) is 20.7. The van der Waals surface area contributed by atoms with Crippen molar-refractivity contribution in [3.05, 3.63) is 97.2 Å². The van der Waals surface area contributed by atoms with Crippen LogP contribution in [-0.2, 0) is 4.79 Å². The van der Waals surface area contributed by atoms with E-state index in [1.54, 1.807) is 36.4 Å². The molecule has 0 fully saturated rings. The molecule has 0 saturated heterocycles. The highest BCUT2D eigenvalue weighted by Gasteiger charge is 2.14. The maximum Gasteiger partial charge on any atom is 0.266 e. The van der Waals surface area contributed by atoms with E-state index in [1.807, 2.05) is 30.3 Å². The fraction of sp³-hybridized carbons (Fsp3) is 0.0435. The zero-order valence-electron chi connectivity index (χ0n) is 16.8. The second kappa shape index (κ2) is 10.5. The molecule has 10 heteroatoms. The second-order valence-electron chi connectivity index (χ2n) is 6.75. The van der Waals surface area contributed by atoms with Crippen LogP contribution in [0.4, 0.5) is 0 Å². The minimum atomic E-state index is -0.362. The number of benzene rings is 3. The van der Waals surface area contributed by atoms with Gasteiger partial charge in [-0.3, -0.25) is 14.2 Å². The fourth-order valence-corrected chi connectivity index (χ4v) is 4.41. The molecule has 4 aromatic rings. The molecule has 0 unspecified atom stereocenters. The SMILES string of the molecule is O=C(CSc1nc2ccccc2c(=O)n1-c1ccc(Br)cc1)NN=Cc1cccc(Cl)c1Cl. The van der Waals surface area contributed by atoms with Crippen LogP contribution in [0.5, 0.6) is 0 Å². The molecule has 0 radical (unpaired) electrons. The van der Waals surface area contributed by atoms with Crippen LogP contribution in [0.3, 0.4) is 0 Å². The molecule has 1 N–H and O–H groups in total. The van der Waals surface area contributed by atoms with Gasteiger partial charge in [-0.05, 0) is 42.5 Å². The van der Waals surface area contributed by atoms with E-state index < -0.39 is 0 Å². The lowest BCUT2D eigenvalue weighted by molar-refractivity contribution is -0.118. The van der Waals surface area contributed by atoms with Crippen LogP contribution in [0.15, 0.2) is 86.3 Å². The number of hydrogen-bond acceptors (Lipinski definition) is 5. The van der Waals surface area contributed by atoms with Gasteiger partial charge in [0.2, 0.25) is 0 Å². The number of nitrogens with one attached hydrogen (secondary N) is 1. The molecule has 0 aliphatic carbocycles. The summed E-state index contributed by atoms with van der Waals surface area (Å²) in [4.78, 5) is 30.2. The summed E-state index contributed by atoms with van der Waals surface area (Å²) in [6, 6.07) is 19.5. The molecular formula is C23H15BrCl2N4O2S. The van der Waals surface area contributed by atoms with E-state index in [0.717, 1.165) is 16.2 Å². The van der Waals surface area contributed by atoms with E-state index in [-0.39, 0.29) is 17.2 Å². The number of fused-ring (bicyclic) bond motifs is 1. The highest BCUT2D eigenvalue weighted by atomic mass is 79.9. The van der Waals surface area contributed by atoms with Gasteiger partial charge in [0.25, 0.3) is 11.5 Å². The van der Waals surface area contributed by atoms with Crippen molar-refractivity contribution in [3.8, 4) is 5.69 Å². The minimum Gasteiger partial charge on any atom is -0.272 e. The van der Waals surface area contributed by atoms with Gasteiger partial charge in [-0.2, -0.15) is 5.10 Å². The molecular weight excluding hydrogens is 547 g/mol. The number of carbonyl (C=O) groups is 1. The van der Waals surface area contributed by atoms with Gasteiger partial charge in [0.15, 0.2) is 5.16 Å². The molecule has 0 spiro atoms. The molecule has 6 nitrogen and oxygen atoms in total. The first-order valence-electron chi connectivity index (χ1n) is 9.60. The minimum absolute atomic E-state index is 0.00191. The van der Waals surface area contributed by atoms with Gasteiger partial charge in [-0.15, -0.1) is 0 Å². The lowest BCUT2D eigenvalue weighted by Crippen LogP contribution is -2.24. The van der Waals surface area contributed by atoms with Crippen LogP contribution < -0.4 is 11.0 Å². The van der Waals surface area contributed by atoms with Crippen molar-refractivity contribution >= 4 is 73.9 Å². The van der Waals surface area contributed by atoms with Crippen LogP contribution >= 0.6 is 50.9 Å². The molecule has 0 saturated carbocycles. The van der Waals surface area contributed by atoms with Gasteiger partial charge in [-0.25, -0.2) is 10.4 Å². The summed E-state index contributed by atoms with van der Waals surface area (Å²) in [6.45, 7) is 0. The number of thioether (sulfide) groups is 1. The molecule has 0 atom stereocenters. The van der Waals surface area contributed by atoms with Crippen LogP contribution in [0, 0.1) is 0 Å². The number of aromatic nitrogens is 2. The van der Waals surface area contributed by atoms with Gasteiger partial charge >= 0.3 is 0 Å². The molecule has 1 aromatic heterocycles. The van der Waals surface area contributed by atoms with Crippen molar-refractivity contribution in [1.82, 2.24) is 15.0 Å². The summed E-state index contributed by atoms with van der Waals surface area (Å²) in [7, 11) is 0. The summed E-state index contributed by atoms with van der Waals surface area (Å²) >= 11 is 16.6. The summed E-state index contributed by atoms with van der Waals surface area (Å²) in [6.07, 6.45) is 1.42. The monoisotopic (exact) mass is 560 g/mol. The largest absolute Gasteiger partial charge is 0.272 e. The maximum atomic E-state index is 13.2. The van der Waals surface area contributed by atoms with E-state index in [1.165, 1.54) is 10.8 Å². The van der Waals surface area contributed by atoms with Gasteiger partial charge in [0.1, 0.15) is 0 Å². The second-order valence-corrected chi connectivity index (χ2v) is 9.40. The number of hydrazone groups is 1. The Hall–Kier alpha value is -2.65. The highest BCUT2D eigenvalue weighted by molar-refractivity contribution is 9.10. The van der Waals surface area contributed by atoms with Crippen molar-refractivity contribution in [1.29, 1.82) is 0 Å². The molecule has 0 aliphatic heterocycles. The Morgan fingerprint density at radius 2 is 1.85 bits per heavy atom. The molecule has 0 aliphatic rings. The van der Waals surface area contributed by atoms with Crippen molar-refractivity contribution < 1.29 is 4.79 Å². The molecule has 4 rings (SSSR count). The smallest absolute Gasteiger partial charge is 0.266 e. The van der Waals surface area contributed by atoms with Crippen LogP contribution in [-0.4, -0.2) is 27.4 Å². The first-order chi connectivity index (χ1) is 15.9. The topological polar surface area (TPSA) is 76.3 Å². The summed E-state index contributed by atoms with van der Waals surface area (Å²) in [5, 5.41) is 5.59. The third kappa shape index (κ3) is 5.47. The van der Waals surface area contributed by atoms with E-state index in [9.17, 15) is 9.59 Å². The number of nitrogens with zero attached hydrogens (tertiary/aromatic N) is 3. The first kappa shape index (κ1) is 23.5. The normalized spacial score (nSPS) is 11.2.